The fourth-order valence-corrected chi connectivity index (χ4v) is 3.15. The number of nitrogens with one attached hydrogen (secondary N) is 1. The summed E-state index contributed by atoms with van der Waals surface area (Å²) in [6.45, 7) is 0.728. The average molecular weight is 441 g/mol. The maximum absolute atomic E-state index is 12.3. The van der Waals surface area contributed by atoms with Crippen LogP contribution in [0, 0.1) is 3.57 Å². The third kappa shape index (κ3) is 3.67. The number of nitrogens with zero attached hydrogens (tertiary/aromatic N) is 1. The normalized spacial score (nSPS) is 14.2. The lowest BCUT2D eigenvalue weighted by Crippen LogP contribution is -2.23. The molecule has 2 aromatic carbocycles. The quantitative estimate of drug-likeness (QED) is 0.723. The summed E-state index contributed by atoms with van der Waals surface area (Å²) in [4.78, 5) is 25.9. The van der Waals surface area contributed by atoms with E-state index in [1.165, 1.54) is 0 Å². The number of benzene rings is 2. The van der Waals surface area contributed by atoms with Gasteiger partial charge in [-0.1, -0.05) is 17.7 Å². The van der Waals surface area contributed by atoms with Crippen molar-refractivity contribution in [2.45, 2.75) is 12.8 Å². The number of hydrogen-bond acceptors (Lipinski definition) is 2. The van der Waals surface area contributed by atoms with Gasteiger partial charge in [-0.2, -0.15) is 0 Å². The molecule has 2 amide bonds. The molecule has 0 radical (unpaired) electrons. The molecule has 1 aliphatic rings. The molecular weight excluding hydrogens is 427 g/mol. The number of amides is 2. The van der Waals surface area contributed by atoms with Crippen LogP contribution >= 0.6 is 34.2 Å². The number of hydrogen-bond donors (Lipinski definition) is 1. The Morgan fingerprint density at radius 3 is 2.74 bits per heavy atom. The lowest BCUT2D eigenvalue weighted by molar-refractivity contribution is -0.117. The van der Waals surface area contributed by atoms with Crippen LogP contribution in [0.1, 0.15) is 23.2 Å². The van der Waals surface area contributed by atoms with E-state index in [0.29, 0.717) is 22.7 Å². The summed E-state index contributed by atoms with van der Waals surface area (Å²) >= 11 is 8.07. The van der Waals surface area contributed by atoms with Crippen molar-refractivity contribution < 1.29 is 9.59 Å². The molecule has 0 aliphatic carbocycles. The molecule has 1 fully saturated rings. The van der Waals surface area contributed by atoms with Crippen molar-refractivity contribution in [3.05, 3.63) is 56.6 Å². The molecule has 1 heterocycles. The number of anilines is 2. The largest absolute Gasteiger partial charge is 0.322 e. The van der Waals surface area contributed by atoms with Crippen molar-refractivity contribution in [1.82, 2.24) is 0 Å². The zero-order chi connectivity index (χ0) is 16.4. The molecule has 0 atom stereocenters. The zero-order valence-electron chi connectivity index (χ0n) is 12.2. The molecule has 118 valence electrons. The van der Waals surface area contributed by atoms with Crippen molar-refractivity contribution in [3.8, 4) is 0 Å². The van der Waals surface area contributed by atoms with Crippen LogP contribution in [0.3, 0.4) is 0 Å². The molecule has 1 aliphatic heterocycles. The molecule has 6 heteroatoms. The highest BCUT2D eigenvalue weighted by Crippen LogP contribution is 2.25. The molecule has 0 spiro atoms. The van der Waals surface area contributed by atoms with Gasteiger partial charge in [-0.15, -0.1) is 0 Å². The second kappa shape index (κ2) is 6.88. The zero-order valence-corrected chi connectivity index (χ0v) is 15.1. The van der Waals surface area contributed by atoms with Crippen molar-refractivity contribution in [2.75, 3.05) is 16.8 Å². The highest BCUT2D eigenvalue weighted by molar-refractivity contribution is 14.1. The van der Waals surface area contributed by atoms with E-state index in [2.05, 4.69) is 27.9 Å². The van der Waals surface area contributed by atoms with Crippen molar-refractivity contribution in [2.24, 2.45) is 0 Å². The predicted octanol–water partition coefficient (Wildman–Crippen LogP) is 4.32. The minimum Gasteiger partial charge on any atom is -0.322 e. The molecule has 0 unspecified atom stereocenters. The summed E-state index contributed by atoms with van der Waals surface area (Å²) in [7, 11) is 0. The summed E-state index contributed by atoms with van der Waals surface area (Å²) in [5.41, 5.74) is 2.02. The number of halogens is 2. The second-order valence-electron chi connectivity index (χ2n) is 5.28. The smallest absolute Gasteiger partial charge is 0.255 e. The fraction of sp³-hybridized carbons (Fsp3) is 0.176. The van der Waals surface area contributed by atoms with E-state index in [4.69, 9.17) is 11.6 Å². The van der Waals surface area contributed by atoms with Gasteiger partial charge in [0.05, 0.1) is 5.02 Å². The maximum atomic E-state index is 12.3. The van der Waals surface area contributed by atoms with Gasteiger partial charge in [0.25, 0.3) is 5.91 Å². The third-order valence-corrected chi connectivity index (χ3v) is 5.21. The van der Waals surface area contributed by atoms with Crippen LogP contribution in [0.2, 0.25) is 5.02 Å². The van der Waals surface area contributed by atoms with Crippen molar-refractivity contribution in [1.29, 1.82) is 0 Å². The Balaban J connectivity index is 1.78. The maximum Gasteiger partial charge on any atom is 0.255 e. The van der Waals surface area contributed by atoms with Gasteiger partial charge in [-0.05, 0) is 65.4 Å². The van der Waals surface area contributed by atoms with Crippen LogP contribution in [0.15, 0.2) is 42.5 Å². The van der Waals surface area contributed by atoms with Crippen LogP contribution in [-0.2, 0) is 4.79 Å². The fourth-order valence-electron chi connectivity index (χ4n) is 2.51. The van der Waals surface area contributed by atoms with E-state index < -0.39 is 0 Å². The van der Waals surface area contributed by atoms with Gasteiger partial charge >= 0.3 is 0 Å². The third-order valence-electron chi connectivity index (χ3n) is 3.67. The first-order chi connectivity index (χ1) is 11.0. The van der Waals surface area contributed by atoms with Crippen LogP contribution in [0.25, 0.3) is 0 Å². The van der Waals surface area contributed by atoms with Gasteiger partial charge in [-0.25, -0.2) is 0 Å². The molecule has 4 nitrogen and oxygen atoms in total. The Kier molecular flexibility index (Phi) is 4.87. The number of carbonyl (C=O) groups excluding carboxylic acids is 2. The molecule has 3 rings (SSSR count). The van der Waals surface area contributed by atoms with Crippen LogP contribution in [0.4, 0.5) is 11.4 Å². The van der Waals surface area contributed by atoms with Gasteiger partial charge in [0.1, 0.15) is 0 Å². The standard InChI is InChI=1S/C17H14ClIN2O2/c18-14-7-6-11(9-15(14)19)17(23)20-12-3-1-4-13(10-12)21-8-2-5-16(21)22/h1,3-4,6-7,9-10H,2,5,8H2,(H,20,23). The van der Waals surface area contributed by atoms with Crippen molar-refractivity contribution in [3.63, 3.8) is 0 Å². The molecule has 0 saturated carbocycles. The number of rotatable bonds is 3. The van der Waals surface area contributed by atoms with Crippen LogP contribution in [0.5, 0.6) is 0 Å². The first-order valence-electron chi connectivity index (χ1n) is 7.21. The average Bonchev–Trinajstić information content (AvgIpc) is 2.96. The summed E-state index contributed by atoms with van der Waals surface area (Å²) in [6, 6.07) is 12.5. The Morgan fingerprint density at radius 1 is 1.22 bits per heavy atom. The topological polar surface area (TPSA) is 49.4 Å². The lowest BCUT2D eigenvalue weighted by atomic mass is 10.2. The SMILES string of the molecule is O=C(Nc1cccc(N2CCCC2=O)c1)c1ccc(Cl)c(I)c1. The highest BCUT2D eigenvalue weighted by Gasteiger charge is 2.21. The van der Waals surface area contributed by atoms with Crippen LogP contribution in [-0.4, -0.2) is 18.4 Å². The Morgan fingerprint density at radius 2 is 2.04 bits per heavy atom. The molecule has 2 aromatic rings. The Labute approximate surface area is 153 Å². The predicted molar refractivity (Wildman–Crippen MR) is 100 cm³/mol. The molecule has 1 N–H and O–H groups in total. The first-order valence-corrected chi connectivity index (χ1v) is 8.67. The minimum atomic E-state index is -0.204. The van der Waals surface area contributed by atoms with Gasteiger partial charge in [0, 0.05) is 33.5 Å². The molecule has 0 aromatic heterocycles. The highest BCUT2D eigenvalue weighted by atomic mass is 127. The van der Waals surface area contributed by atoms with E-state index in [1.54, 1.807) is 23.1 Å². The lowest BCUT2D eigenvalue weighted by Gasteiger charge is -2.16. The summed E-state index contributed by atoms with van der Waals surface area (Å²) in [6.07, 6.45) is 1.46. The number of carbonyl (C=O) groups is 2. The molecule has 0 bridgehead atoms. The molecular formula is C17H14ClIN2O2. The molecule has 1 saturated heterocycles. The van der Waals surface area contributed by atoms with Gasteiger partial charge in [-0.3, -0.25) is 9.59 Å². The molecule has 23 heavy (non-hydrogen) atoms. The van der Waals surface area contributed by atoms with E-state index >= 15 is 0 Å². The summed E-state index contributed by atoms with van der Waals surface area (Å²) in [5.74, 6) is -0.0785. The summed E-state index contributed by atoms with van der Waals surface area (Å²) in [5, 5.41) is 3.48. The monoisotopic (exact) mass is 440 g/mol. The van der Waals surface area contributed by atoms with Gasteiger partial charge < -0.3 is 10.2 Å². The van der Waals surface area contributed by atoms with Crippen LogP contribution < -0.4 is 10.2 Å². The Bertz CT molecular complexity index is 779. The second-order valence-corrected chi connectivity index (χ2v) is 6.85. The first kappa shape index (κ1) is 16.3. The summed E-state index contributed by atoms with van der Waals surface area (Å²) < 4.78 is 0.827. The van der Waals surface area contributed by atoms with Gasteiger partial charge in [0.2, 0.25) is 5.91 Å². The Hall–Kier alpha value is -1.60. The van der Waals surface area contributed by atoms with E-state index in [0.717, 1.165) is 22.2 Å². The van der Waals surface area contributed by atoms with E-state index in [9.17, 15) is 9.59 Å². The van der Waals surface area contributed by atoms with E-state index in [-0.39, 0.29) is 11.8 Å². The van der Waals surface area contributed by atoms with Crippen molar-refractivity contribution >= 4 is 57.4 Å². The van der Waals surface area contributed by atoms with Gasteiger partial charge in [0.15, 0.2) is 0 Å². The van der Waals surface area contributed by atoms with E-state index in [1.807, 2.05) is 24.3 Å². The minimum absolute atomic E-state index is 0.126.